The molecule has 4 aromatic heterocycles. The van der Waals surface area contributed by atoms with Gasteiger partial charge in [0.15, 0.2) is 0 Å². The zero-order valence-corrected chi connectivity index (χ0v) is 37.5. The van der Waals surface area contributed by atoms with Crippen LogP contribution in [0.15, 0.2) is 61.4 Å². The number of anilines is 3. The third-order valence-electron chi connectivity index (χ3n) is 11.7. The number of rotatable bonds is 11. The molecule has 21 heteroatoms. The minimum absolute atomic E-state index is 0.165. The molecule has 2 amide bonds. The Morgan fingerprint density at radius 1 is 0.708 bits per heavy atom. The molecule has 0 unspecified atom stereocenters. The molecule has 3 N–H and O–H groups in total. The highest BCUT2D eigenvalue weighted by Gasteiger charge is 2.32. The smallest absolute Gasteiger partial charge is 0.275 e. The van der Waals surface area contributed by atoms with Gasteiger partial charge in [0.25, 0.3) is 11.8 Å². The maximum Gasteiger partial charge on any atom is 0.275 e. The number of aryl methyl sites for hydroxylation is 2. The number of alkyl halides is 2. The van der Waals surface area contributed by atoms with Crippen LogP contribution >= 0.6 is 11.6 Å². The fourth-order valence-electron chi connectivity index (χ4n) is 8.27. The zero-order valence-electron chi connectivity index (χ0n) is 36.8. The van der Waals surface area contributed by atoms with Gasteiger partial charge in [-0.3, -0.25) is 28.8 Å². The van der Waals surface area contributed by atoms with Gasteiger partial charge in [-0.15, -0.1) is 0 Å². The molecule has 65 heavy (non-hydrogen) atoms. The third kappa shape index (κ3) is 11.4. The summed E-state index contributed by atoms with van der Waals surface area (Å²) in [5.41, 5.74) is 3.04. The molecule has 2 aromatic carbocycles. The van der Waals surface area contributed by atoms with Crippen LogP contribution in [0, 0.1) is 11.8 Å². The molecule has 4 fully saturated rings. The number of nitrogens with one attached hydrogen (secondary N) is 3. The molecule has 344 valence electrons. The average Bonchev–Trinajstić information content (AvgIpc) is 4.06. The molecule has 0 radical (unpaired) electrons. The second-order valence-electron chi connectivity index (χ2n) is 16.8. The van der Waals surface area contributed by atoms with Crippen LogP contribution in [0.2, 0.25) is 5.15 Å². The first kappa shape index (κ1) is 45.5. The Balaban J connectivity index is 0.000000150. The molecule has 4 saturated heterocycles. The lowest BCUT2D eigenvalue weighted by Crippen LogP contribution is -2.51. The number of amides is 2. The molecule has 4 aliphatic rings. The van der Waals surface area contributed by atoms with Gasteiger partial charge in [0.1, 0.15) is 46.2 Å². The normalized spacial score (nSPS) is 18.9. The van der Waals surface area contributed by atoms with Crippen molar-refractivity contribution >= 4 is 62.4 Å². The lowest BCUT2D eigenvalue weighted by atomic mass is 10.00. The van der Waals surface area contributed by atoms with Crippen LogP contribution in [0.5, 0.6) is 11.5 Å². The van der Waals surface area contributed by atoms with Gasteiger partial charge in [-0.05, 0) is 30.9 Å². The SMILES string of the molecule is COc1cc2nn(C)cc2cc1NC(=O)c1cnc(Cl)cn1.COc1cc2nn(C)cc2cc1NC(=O)c1cnc(N2CC(CN3CC[C@@H](F)C3)C2)cn1.F[C@@H]1CCN(CC2CNC2)C1. The van der Waals surface area contributed by atoms with Crippen molar-refractivity contribution in [2.75, 3.05) is 95.2 Å². The van der Waals surface area contributed by atoms with Crippen molar-refractivity contribution in [1.29, 1.82) is 0 Å². The average molecular weight is 915 g/mol. The van der Waals surface area contributed by atoms with Gasteiger partial charge in [0.05, 0.1) is 61.4 Å². The van der Waals surface area contributed by atoms with E-state index in [0.717, 1.165) is 92.3 Å². The van der Waals surface area contributed by atoms with Gasteiger partial charge in [-0.2, -0.15) is 10.2 Å². The van der Waals surface area contributed by atoms with E-state index in [1.54, 1.807) is 40.9 Å². The number of likely N-dealkylation sites (tertiary alicyclic amines) is 2. The highest BCUT2D eigenvalue weighted by Crippen LogP contribution is 2.32. The lowest BCUT2D eigenvalue weighted by Gasteiger charge is -2.41. The molecule has 0 spiro atoms. The van der Waals surface area contributed by atoms with Crippen LogP contribution in [0.25, 0.3) is 21.8 Å². The Morgan fingerprint density at radius 2 is 1.22 bits per heavy atom. The van der Waals surface area contributed by atoms with Crippen molar-refractivity contribution in [2.45, 2.75) is 25.2 Å². The van der Waals surface area contributed by atoms with Crippen molar-refractivity contribution in [2.24, 2.45) is 25.9 Å². The van der Waals surface area contributed by atoms with Crippen LogP contribution in [-0.2, 0) is 14.1 Å². The molecule has 18 nitrogen and oxygen atoms in total. The maximum absolute atomic E-state index is 13.3. The first-order valence-electron chi connectivity index (χ1n) is 21.5. The van der Waals surface area contributed by atoms with E-state index in [0.29, 0.717) is 48.3 Å². The monoisotopic (exact) mass is 914 g/mol. The number of benzene rings is 2. The Morgan fingerprint density at radius 3 is 1.63 bits per heavy atom. The number of carbonyl (C=O) groups is 2. The minimum atomic E-state index is -0.679. The Bertz CT molecular complexity index is 2590. The molecular weight excluding hydrogens is 862 g/mol. The molecule has 6 aromatic rings. The van der Waals surface area contributed by atoms with Gasteiger partial charge >= 0.3 is 0 Å². The summed E-state index contributed by atoms with van der Waals surface area (Å²) in [6.07, 6.45) is 9.63. The van der Waals surface area contributed by atoms with E-state index in [1.807, 2.05) is 32.6 Å². The molecule has 2 atom stereocenters. The number of hydrogen-bond acceptors (Lipinski definition) is 14. The maximum atomic E-state index is 13.3. The van der Waals surface area contributed by atoms with E-state index in [9.17, 15) is 18.4 Å². The summed E-state index contributed by atoms with van der Waals surface area (Å²) >= 11 is 5.66. The zero-order chi connectivity index (χ0) is 45.6. The van der Waals surface area contributed by atoms with E-state index in [1.165, 1.54) is 25.7 Å². The van der Waals surface area contributed by atoms with Gasteiger partial charge < -0.3 is 30.3 Å². The number of hydrogen-bond donors (Lipinski definition) is 3. The van der Waals surface area contributed by atoms with E-state index in [2.05, 4.69) is 60.8 Å². The summed E-state index contributed by atoms with van der Waals surface area (Å²) in [7, 11) is 6.75. The molecule has 0 saturated carbocycles. The van der Waals surface area contributed by atoms with Crippen molar-refractivity contribution in [3.05, 3.63) is 78.0 Å². The van der Waals surface area contributed by atoms with E-state index in [4.69, 9.17) is 21.1 Å². The summed E-state index contributed by atoms with van der Waals surface area (Å²) in [5, 5.41) is 19.5. The van der Waals surface area contributed by atoms with Gasteiger partial charge in [-0.1, -0.05) is 11.6 Å². The fraction of sp³-hybridized carbons (Fsp3) is 0.455. The Labute approximate surface area is 379 Å². The predicted octanol–water partition coefficient (Wildman–Crippen LogP) is 4.63. The first-order valence-corrected chi connectivity index (χ1v) is 21.9. The minimum Gasteiger partial charge on any atom is -0.494 e. The second kappa shape index (κ2) is 20.4. The fourth-order valence-corrected chi connectivity index (χ4v) is 8.37. The summed E-state index contributed by atoms with van der Waals surface area (Å²) in [4.78, 5) is 48.0. The van der Waals surface area contributed by atoms with Crippen molar-refractivity contribution in [3.8, 4) is 11.5 Å². The summed E-state index contributed by atoms with van der Waals surface area (Å²) < 4.78 is 40.1. The molecule has 4 aliphatic heterocycles. The van der Waals surface area contributed by atoms with Crippen LogP contribution in [0.3, 0.4) is 0 Å². The summed E-state index contributed by atoms with van der Waals surface area (Å²) in [6, 6.07) is 7.17. The topological polar surface area (TPSA) is 186 Å². The third-order valence-corrected chi connectivity index (χ3v) is 11.9. The first-order chi connectivity index (χ1) is 31.4. The predicted molar refractivity (Wildman–Crippen MR) is 243 cm³/mol. The summed E-state index contributed by atoms with van der Waals surface area (Å²) in [5.74, 6) is 2.34. The number of aromatic nitrogens is 8. The van der Waals surface area contributed by atoms with Crippen LogP contribution in [0.4, 0.5) is 26.0 Å². The summed E-state index contributed by atoms with van der Waals surface area (Å²) in [6.45, 7) is 9.08. The molecule has 8 heterocycles. The van der Waals surface area contributed by atoms with Crippen molar-refractivity contribution < 1.29 is 27.8 Å². The number of carbonyl (C=O) groups excluding carboxylic acids is 2. The Kier molecular flexibility index (Phi) is 14.3. The number of ether oxygens (including phenoxy) is 2. The Hall–Kier alpha value is -6.09. The lowest BCUT2D eigenvalue weighted by molar-refractivity contribution is 0.101. The second-order valence-corrected chi connectivity index (χ2v) is 17.2. The van der Waals surface area contributed by atoms with Crippen molar-refractivity contribution in [1.82, 2.24) is 54.6 Å². The molecule has 0 aliphatic carbocycles. The number of fused-ring (bicyclic) bond motifs is 2. The molecule has 0 bridgehead atoms. The standard InChI is InChI=1S/C22H26FN7O2.C14H12ClN5O2.C8H15FN2/c1-28-12-15-5-18(20(32-2)6-17(15)27-28)26-22(31)19-7-25-21(8-24-19)30-10-14(11-30)9-29-4-3-16(23)13-29;1-20-7-8-3-10(12(22-2)4-9(8)19-20)18-14(21)11-5-17-13(15)6-16-11;9-8-1-2-11(6-8)5-7-3-10-4-7/h5-8,12,14,16H,3-4,9-11,13H2,1-2H3,(H,26,31);3-7H,1-2H3,(H,18,21);7-8,10H,1-6H2/t16-;;8-/m1.1/s1. The van der Waals surface area contributed by atoms with E-state index >= 15 is 0 Å². The quantitative estimate of drug-likeness (QED) is 0.163. The van der Waals surface area contributed by atoms with Gasteiger partial charge in [0.2, 0.25) is 0 Å². The molecule has 10 rings (SSSR count). The van der Waals surface area contributed by atoms with Crippen LogP contribution in [-0.4, -0.2) is 153 Å². The highest BCUT2D eigenvalue weighted by atomic mass is 35.5. The number of methoxy groups -OCH3 is 2. The van der Waals surface area contributed by atoms with Crippen LogP contribution < -0.4 is 30.3 Å². The highest BCUT2D eigenvalue weighted by molar-refractivity contribution is 6.29. The van der Waals surface area contributed by atoms with Crippen molar-refractivity contribution in [3.63, 3.8) is 0 Å². The van der Waals surface area contributed by atoms with E-state index < -0.39 is 18.3 Å². The van der Waals surface area contributed by atoms with Gasteiger partial charge in [-0.25, -0.2) is 28.7 Å². The van der Waals surface area contributed by atoms with Gasteiger partial charge in [0, 0.05) is 121 Å². The van der Waals surface area contributed by atoms with Crippen LogP contribution in [0.1, 0.15) is 33.8 Å². The molecular formula is C44H53ClF2N14O4. The number of nitrogens with zero attached hydrogens (tertiary/aromatic N) is 11. The van der Waals surface area contributed by atoms with E-state index in [-0.39, 0.29) is 22.4 Å². The number of halogens is 3. The largest absolute Gasteiger partial charge is 0.494 e.